The topological polar surface area (TPSA) is 55.1 Å². The molecule has 0 heterocycles. The minimum absolute atomic E-state index is 0.0165. The summed E-state index contributed by atoms with van der Waals surface area (Å²) in [6.45, 7) is 2.07. The largest absolute Gasteiger partial charge is 0.396 e. The number of nitrogens with two attached hydrogens (primary N) is 1. The number of carbonyl (C=O) groups excluding carboxylic acids is 1. The van der Waals surface area contributed by atoms with Crippen molar-refractivity contribution in [1.29, 1.82) is 0 Å². The minimum Gasteiger partial charge on any atom is -0.396 e. The predicted octanol–water partition coefficient (Wildman–Crippen LogP) is 2.31. The SMILES string of the molecule is CC1CC1NC(=O)c1cc(N)c(F)cc1Br. The van der Waals surface area contributed by atoms with Crippen molar-refractivity contribution in [3.8, 4) is 0 Å². The second kappa shape index (κ2) is 4.05. The van der Waals surface area contributed by atoms with Crippen molar-refractivity contribution in [1.82, 2.24) is 5.32 Å². The summed E-state index contributed by atoms with van der Waals surface area (Å²) in [6, 6.07) is 2.80. The number of anilines is 1. The van der Waals surface area contributed by atoms with Crippen LogP contribution in [0.15, 0.2) is 16.6 Å². The second-order valence-electron chi connectivity index (χ2n) is 4.15. The van der Waals surface area contributed by atoms with E-state index in [0.29, 0.717) is 16.0 Å². The third-order valence-electron chi connectivity index (χ3n) is 2.76. The molecule has 0 spiro atoms. The van der Waals surface area contributed by atoms with Crippen molar-refractivity contribution in [2.45, 2.75) is 19.4 Å². The predicted molar refractivity (Wildman–Crippen MR) is 63.5 cm³/mol. The molecule has 86 valence electrons. The van der Waals surface area contributed by atoms with Gasteiger partial charge < -0.3 is 11.1 Å². The number of rotatable bonds is 2. The molecule has 0 bridgehead atoms. The van der Waals surface area contributed by atoms with Crippen LogP contribution >= 0.6 is 15.9 Å². The average molecular weight is 287 g/mol. The van der Waals surface area contributed by atoms with Gasteiger partial charge in [-0.25, -0.2) is 4.39 Å². The van der Waals surface area contributed by atoms with E-state index < -0.39 is 5.82 Å². The summed E-state index contributed by atoms with van der Waals surface area (Å²) in [5.41, 5.74) is 5.78. The number of hydrogen-bond donors (Lipinski definition) is 2. The van der Waals surface area contributed by atoms with Crippen LogP contribution in [0.25, 0.3) is 0 Å². The molecule has 1 amide bonds. The summed E-state index contributed by atoms with van der Waals surface area (Å²) >= 11 is 3.15. The van der Waals surface area contributed by atoms with Crippen molar-refractivity contribution >= 4 is 27.5 Å². The van der Waals surface area contributed by atoms with Gasteiger partial charge in [0, 0.05) is 10.5 Å². The van der Waals surface area contributed by atoms with E-state index >= 15 is 0 Å². The smallest absolute Gasteiger partial charge is 0.252 e. The molecule has 0 radical (unpaired) electrons. The van der Waals surface area contributed by atoms with Gasteiger partial charge in [-0.15, -0.1) is 0 Å². The zero-order valence-corrected chi connectivity index (χ0v) is 10.3. The lowest BCUT2D eigenvalue weighted by Gasteiger charge is -2.07. The van der Waals surface area contributed by atoms with E-state index in [9.17, 15) is 9.18 Å². The molecule has 1 aliphatic carbocycles. The van der Waals surface area contributed by atoms with Crippen molar-refractivity contribution in [2.75, 3.05) is 5.73 Å². The first kappa shape index (κ1) is 11.4. The number of benzene rings is 1. The van der Waals surface area contributed by atoms with Crippen molar-refractivity contribution in [3.05, 3.63) is 28.0 Å². The summed E-state index contributed by atoms with van der Waals surface area (Å²) in [6.07, 6.45) is 1.00. The third-order valence-corrected chi connectivity index (χ3v) is 3.41. The Bertz CT molecular complexity index is 450. The molecular weight excluding hydrogens is 275 g/mol. The van der Waals surface area contributed by atoms with Gasteiger partial charge in [0.25, 0.3) is 5.91 Å². The maximum atomic E-state index is 13.1. The van der Waals surface area contributed by atoms with E-state index in [-0.39, 0.29) is 17.6 Å². The van der Waals surface area contributed by atoms with Crippen molar-refractivity contribution < 1.29 is 9.18 Å². The van der Waals surface area contributed by atoms with Crippen LogP contribution < -0.4 is 11.1 Å². The van der Waals surface area contributed by atoms with Crippen molar-refractivity contribution in [2.24, 2.45) is 5.92 Å². The molecule has 2 rings (SSSR count). The fraction of sp³-hybridized carbons (Fsp3) is 0.364. The van der Waals surface area contributed by atoms with Gasteiger partial charge in [0.15, 0.2) is 0 Å². The maximum absolute atomic E-state index is 13.1. The number of carbonyl (C=O) groups is 1. The van der Waals surface area contributed by atoms with Crippen molar-refractivity contribution in [3.63, 3.8) is 0 Å². The van der Waals surface area contributed by atoms with Crippen LogP contribution in [-0.4, -0.2) is 11.9 Å². The molecule has 1 aromatic rings. The highest BCUT2D eigenvalue weighted by Crippen LogP contribution is 2.30. The van der Waals surface area contributed by atoms with Crippen LogP contribution in [0.2, 0.25) is 0 Å². The number of halogens is 2. The van der Waals surface area contributed by atoms with Crippen LogP contribution in [0, 0.1) is 11.7 Å². The Balaban J connectivity index is 2.19. The van der Waals surface area contributed by atoms with Gasteiger partial charge in [0.2, 0.25) is 0 Å². The Morgan fingerprint density at radius 2 is 2.25 bits per heavy atom. The highest BCUT2D eigenvalue weighted by Gasteiger charge is 2.34. The van der Waals surface area contributed by atoms with E-state index in [1.54, 1.807) is 0 Å². The zero-order chi connectivity index (χ0) is 11.9. The average Bonchev–Trinajstić information content (AvgIpc) is 2.87. The molecule has 0 aromatic heterocycles. The summed E-state index contributed by atoms with van der Waals surface area (Å²) < 4.78 is 13.5. The quantitative estimate of drug-likeness (QED) is 0.820. The van der Waals surface area contributed by atoms with E-state index in [2.05, 4.69) is 28.2 Å². The van der Waals surface area contributed by atoms with E-state index in [0.717, 1.165) is 6.42 Å². The molecule has 1 fully saturated rings. The van der Waals surface area contributed by atoms with Crippen LogP contribution in [0.5, 0.6) is 0 Å². The Kier molecular flexibility index (Phi) is 2.88. The fourth-order valence-corrected chi connectivity index (χ4v) is 2.00. The molecule has 1 aromatic carbocycles. The molecule has 2 atom stereocenters. The zero-order valence-electron chi connectivity index (χ0n) is 8.76. The lowest BCUT2D eigenvalue weighted by Crippen LogP contribution is -2.27. The first-order valence-electron chi connectivity index (χ1n) is 5.04. The van der Waals surface area contributed by atoms with E-state index in [4.69, 9.17) is 5.73 Å². The standard InChI is InChI=1S/C11H12BrFN2O/c1-5-2-10(5)15-11(16)6-3-9(14)8(13)4-7(6)12/h3-5,10H,2,14H2,1H3,(H,15,16). The molecule has 2 unspecified atom stereocenters. The molecule has 16 heavy (non-hydrogen) atoms. The lowest BCUT2D eigenvalue weighted by atomic mass is 10.2. The number of nitrogen functional groups attached to an aromatic ring is 1. The van der Waals surface area contributed by atoms with E-state index in [1.165, 1.54) is 12.1 Å². The van der Waals surface area contributed by atoms with Crippen LogP contribution in [0.1, 0.15) is 23.7 Å². The molecule has 3 nitrogen and oxygen atoms in total. The van der Waals surface area contributed by atoms with Crippen LogP contribution in [0.3, 0.4) is 0 Å². The Labute approximate surface area is 101 Å². The van der Waals surface area contributed by atoms with E-state index in [1.807, 2.05) is 0 Å². The van der Waals surface area contributed by atoms with Crippen LogP contribution in [-0.2, 0) is 0 Å². The maximum Gasteiger partial charge on any atom is 0.252 e. The Morgan fingerprint density at radius 3 is 2.81 bits per heavy atom. The van der Waals surface area contributed by atoms with Gasteiger partial charge in [-0.1, -0.05) is 6.92 Å². The summed E-state index contributed by atoms with van der Waals surface area (Å²) in [5, 5.41) is 2.86. The fourth-order valence-electron chi connectivity index (χ4n) is 1.51. The van der Waals surface area contributed by atoms with Gasteiger partial charge in [0.1, 0.15) is 5.82 Å². The molecule has 0 aliphatic heterocycles. The monoisotopic (exact) mass is 286 g/mol. The van der Waals surface area contributed by atoms with Gasteiger partial charge in [-0.3, -0.25) is 4.79 Å². The molecule has 1 saturated carbocycles. The number of hydrogen-bond acceptors (Lipinski definition) is 2. The first-order chi connectivity index (χ1) is 7.49. The van der Waals surface area contributed by atoms with Gasteiger partial charge >= 0.3 is 0 Å². The molecule has 1 aliphatic rings. The molecular formula is C11H12BrFN2O. The van der Waals surface area contributed by atoms with Gasteiger partial charge in [0.05, 0.1) is 11.3 Å². The first-order valence-corrected chi connectivity index (χ1v) is 5.83. The molecule has 0 saturated heterocycles. The van der Waals surface area contributed by atoms with Crippen LogP contribution in [0.4, 0.5) is 10.1 Å². The molecule has 5 heteroatoms. The summed E-state index contributed by atoms with van der Waals surface area (Å²) in [5.74, 6) is -0.211. The van der Waals surface area contributed by atoms with Gasteiger partial charge in [-0.2, -0.15) is 0 Å². The summed E-state index contributed by atoms with van der Waals surface area (Å²) in [7, 11) is 0. The number of amides is 1. The van der Waals surface area contributed by atoms with Gasteiger partial charge in [-0.05, 0) is 40.4 Å². The highest BCUT2D eigenvalue weighted by atomic mass is 79.9. The third kappa shape index (κ3) is 2.19. The number of nitrogens with one attached hydrogen (secondary N) is 1. The normalized spacial score (nSPS) is 22.9. The molecule has 3 N–H and O–H groups in total. The highest BCUT2D eigenvalue weighted by molar-refractivity contribution is 9.10. The summed E-state index contributed by atoms with van der Waals surface area (Å²) in [4.78, 5) is 11.8. The Hall–Kier alpha value is -1.10. The second-order valence-corrected chi connectivity index (χ2v) is 5.00. The lowest BCUT2D eigenvalue weighted by molar-refractivity contribution is 0.0948. The minimum atomic E-state index is -0.525. The Morgan fingerprint density at radius 1 is 1.62 bits per heavy atom.